The molecule has 8 heteroatoms. The summed E-state index contributed by atoms with van der Waals surface area (Å²) >= 11 is 23.9. The van der Waals surface area contributed by atoms with E-state index in [0.717, 1.165) is 0 Å². The molecule has 28 heavy (non-hydrogen) atoms. The SMILES string of the molecule is O=C(Nc1ccc(Cl)cc1Cl)c1ccccc1C(=O)Nc1ccc(Cl)cc1Cl. The van der Waals surface area contributed by atoms with Crippen molar-refractivity contribution < 1.29 is 9.59 Å². The number of hydrogen-bond donors (Lipinski definition) is 2. The van der Waals surface area contributed by atoms with E-state index in [0.29, 0.717) is 21.4 Å². The van der Waals surface area contributed by atoms with E-state index in [4.69, 9.17) is 46.4 Å². The molecule has 0 spiro atoms. The number of carbonyl (C=O) groups is 2. The molecular formula is C20H12Cl4N2O2. The molecule has 2 N–H and O–H groups in total. The number of rotatable bonds is 4. The van der Waals surface area contributed by atoms with Gasteiger partial charge in [0.1, 0.15) is 0 Å². The third-order valence-electron chi connectivity index (χ3n) is 3.77. The zero-order valence-electron chi connectivity index (χ0n) is 14.1. The largest absolute Gasteiger partial charge is 0.321 e. The molecule has 0 aromatic heterocycles. The first kappa shape index (κ1) is 20.5. The van der Waals surface area contributed by atoms with Crippen LogP contribution in [0.3, 0.4) is 0 Å². The molecular weight excluding hydrogens is 442 g/mol. The van der Waals surface area contributed by atoms with Gasteiger partial charge in [0.25, 0.3) is 11.8 Å². The average Bonchev–Trinajstić information content (AvgIpc) is 2.66. The monoisotopic (exact) mass is 452 g/mol. The standard InChI is InChI=1S/C20H12Cl4N2O2/c21-11-5-7-17(15(23)9-11)25-19(27)13-3-1-2-4-14(13)20(28)26-18-8-6-12(22)10-16(18)24/h1-10H,(H,25,27)(H,26,28). The molecule has 142 valence electrons. The molecule has 3 aromatic rings. The van der Waals surface area contributed by atoms with Crippen molar-refractivity contribution in [1.82, 2.24) is 0 Å². The first-order chi connectivity index (χ1) is 13.3. The van der Waals surface area contributed by atoms with Crippen LogP contribution in [-0.4, -0.2) is 11.8 Å². The fraction of sp³-hybridized carbons (Fsp3) is 0. The normalized spacial score (nSPS) is 10.4. The second kappa shape index (κ2) is 8.84. The Hall–Kier alpha value is -2.24. The lowest BCUT2D eigenvalue weighted by molar-refractivity contribution is 0.0990. The fourth-order valence-corrected chi connectivity index (χ4v) is 3.35. The van der Waals surface area contributed by atoms with Crippen LogP contribution >= 0.6 is 46.4 Å². The summed E-state index contributed by atoms with van der Waals surface area (Å²) in [4.78, 5) is 25.4. The summed E-state index contributed by atoms with van der Waals surface area (Å²) < 4.78 is 0. The van der Waals surface area contributed by atoms with Gasteiger partial charge in [-0.25, -0.2) is 0 Å². The molecule has 0 aliphatic rings. The van der Waals surface area contributed by atoms with Gasteiger partial charge in [-0.15, -0.1) is 0 Å². The highest BCUT2D eigenvalue weighted by atomic mass is 35.5. The molecule has 0 heterocycles. The van der Waals surface area contributed by atoms with Crippen LogP contribution in [0.15, 0.2) is 60.7 Å². The van der Waals surface area contributed by atoms with Crippen molar-refractivity contribution in [1.29, 1.82) is 0 Å². The predicted octanol–water partition coefficient (Wildman–Crippen LogP) is 6.80. The maximum absolute atomic E-state index is 12.7. The van der Waals surface area contributed by atoms with Crippen LogP contribution in [0.1, 0.15) is 20.7 Å². The van der Waals surface area contributed by atoms with Gasteiger partial charge in [-0.3, -0.25) is 9.59 Å². The predicted molar refractivity (Wildman–Crippen MR) is 115 cm³/mol. The molecule has 0 aliphatic carbocycles. The summed E-state index contributed by atoms with van der Waals surface area (Å²) in [7, 11) is 0. The minimum atomic E-state index is -0.489. The number of carbonyl (C=O) groups excluding carboxylic acids is 2. The molecule has 2 amide bonds. The molecule has 0 fully saturated rings. The van der Waals surface area contributed by atoms with Crippen molar-refractivity contribution in [2.24, 2.45) is 0 Å². The highest BCUT2D eigenvalue weighted by Crippen LogP contribution is 2.28. The lowest BCUT2D eigenvalue weighted by atomic mass is 10.1. The summed E-state index contributed by atoms with van der Waals surface area (Å²) in [5.41, 5.74) is 1.12. The third kappa shape index (κ3) is 4.78. The van der Waals surface area contributed by atoms with Crippen LogP contribution in [-0.2, 0) is 0 Å². The van der Waals surface area contributed by atoms with Crippen LogP contribution in [0.5, 0.6) is 0 Å². The molecule has 0 saturated carbocycles. The van der Waals surface area contributed by atoms with Gasteiger partial charge in [0.05, 0.1) is 32.5 Å². The Morgan fingerprint density at radius 3 is 1.36 bits per heavy atom. The van der Waals surface area contributed by atoms with Crippen LogP contribution in [0.4, 0.5) is 11.4 Å². The van der Waals surface area contributed by atoms with Gasteiger partial charge < -0.3 is 10.6 Å². The number of halogens is 4. The van der Waals surface area contributed by atoms with Crippen molar-refractivity contribution in [3.63, 3.8) is 0 Å². The number of nitrogens with one attached hydrogen (secondary N) is 2. The van der Waals surface area contributed by atoms with E-state index in [1.807, 2.05) is 0 Å². The van der Waals surface area contributed by atoms with Gasteiger partial charge in [0.15, 0.2) is 0 Å². The molecule has 4 nitrogen and oxygen atoms in total. The highest BCUT2D eigenvalue weighted by Gasteiger charge is 2.18. The summed E-state index contributed by atoms with van der Waals surface area (Å²) in [6.07, 6.45) is 0. The fourth-order valence-electron chi connectivity index (χ4n) is 2.44. The van der Waals surface area contributed by atoms with Crippen LogP contribution in [0.2, 0.25) is 20.1 Å². The Bertz CT molecular complexity index is 985. The van der Waals surface area contributed by atoms with E-state index in [9.17, 15) is 9.59 Å². The number of benzene rings is 3. The quantitative estimate of drug-likeness (QED) is 0.456. The number of hydrogen-bond acceptors (Lipinski definition) is 2. The molecule has 0 radical (unpaired) electrons. The lowest BCUT2D eigenvalue weighted by Crippen LogP contribution is -2.20. The summed E-state index contributed by atoms with van der Waals surface area (Å²) in [6, 6.07) is 15.8. The topological polar surface area (TPSA) is 58.2 Å². The zero-order valence-corrected chi connectivity index (χ0v) is 17.1. The molecule has 0 unspecified atom stereocenters. The van der Waals surface area contributed by atoms with Gasteiger partial charge >= 0.3 is 0 Å². The Morgan fingerprint density at radius 1 is 0.607 bits per heavy atom. The van der Waals surface area contributed by atoms with E-state index in [2.05, 4.69) is 10.6 Å². The molecule has 0 saturated heterocycles. The second-order valence-electron chi connectivity index (χ2n) is 5.70. The highest BCUT2D eigenvalue weighted by molar-refractivity contribution is 6.37. The maximum atomic E-state index is 12.7. The van der Waals surface area contributed by atoms with E-state index >= 15 is 0 Å². The Balaban J connectivity index is 1.85. The van der Waals surface area contributed by atoms with Crippen LogP contribution in [0.25, 0.3) is 0 Å². The van der Waals surface area contributed by atoms with Gasteiger partial charge in [0, 0.05) is 10.0 Å². The molecule has 0 atom stereocenters. The minimum absolute atomic E-state index is 0.177. The Morgan fingerprint density at radius 2 is 1.00 bits per heavy atom. The van der Waals surface area contributed by atoms with Crippen molar-refractivity contribution in [3.05, 3.63) is 91.9 Å². The minimum Gasteiger partial charge on any atom is -0.321 e. The second-order valence-corrected chi connectivity index (χ2v) is 7.39. The average molecular weight is 454 g/mol. The lowest BCUT2D eigenvalue weighted by Gasteiger charge is -2.12. The maximum Gasteiger partial charge on any atom is 0.256 e. The molecule has 0 aliphatic heterocycles. The summed E-state index contributed by atoms with van der Waals surface area (Å²) in [5.74, 6) is -0.977. The van der Waals surface area contributed by atoms with Crippen molar-refractivity contribution in [3.8, 4) is 0 Å². The molecule has 3 aromatic carbocycles. The van der Waals surface area contributed by atoms with Gasteiger partial charge in [0.2, 0.25) is 0 Å². The molecule has 3 rings (SSSR count). The molecule has 0 bridgehead atoms. The summed E-state index contributed by atoms with van der Waals surface area (Å²) in [6.45, 7) is 0. The van der Waals surface area contributed by atoms with Gasteiger partial charge in [-0.1, -0.05) is 58.5 Å². The number of amides is 2. The van der Waals surface area contributed by atoms with Crippen molar-refractivity contribution in [2.75, 3.05) is 10.6 Å². The smallest absolute Gasteiger partial charge is 0.256 e. The number of anilines is 2. The first-order valence-corrected chi connectivity index (χ1v) is 9.48. The Labute approximate surface area is 181 Å². The van der Waals surface area contributed by atoms with E-state index < -0.39 is 11.8 Å². The van der Waals surface area contributed by atoms with Crippen molar-refractivity contribution in [2.45, 2.75) is 0 Å². The van der Waals surface area contributed by atoms with Crippen LogP contribution in [0, 0.1) is 0 Å². The van der Waals surface area contributed by atoms with E-state index in [1.165, 1.54) is 24.3 Å². The Kier molecular flexibility index (Phi) is 6.47. The van der Waals surface area contributed by atoms with E-state index in [-0.39, 0.29) is 21.2 Å². The third-order valence-corrected chi connectivity index (χ3v) is 4.87. The van der Waals surface area contributed by atoms with Gasteiger partial charge in [-0.2, -0.15) is 0 Å². The zero-order chi connectivity index (χ0) is 20.3. The van der Waals surface area contributed by atoms with Gasteiger partial charge in [-0.05, 0) is 48.5 Å². The van der Waals surface area contributed by atoms with E-state index in [1.54, 1.807) is 36.4 Å². The summed E-state index contributed by atoms with van der Waals surface area (Å²) in [5, 5.41) is 6.83. The van der Waals surface area contributed by atoms with Crippen LogP contribution < -0.4 is 10.6 Å². The first-order valence-electron chi connectivity index (χ1n) is 7.97. The van der Waals surface area contributed by atoms with Crippen molar-refractivity contribution >= 4 is 69.6 Å².